The number of aliphatic imine (C=N–C) groups is 1. The topological polar surface area (TPSA) is 24.4 Å². The Bertz CT molecular complexity index is 298. The van der Waals surface area contributed by atoms with E-state index in [0.717, 1.165) is 5.92 Å². The zero-order chi connectivity index (χ0) is 13.2. The Morgan fingerprint density at radius 2 is 1.78 bits per heavy atom. The van der Waals surface area contributed by atoms with Crippen molar-refractivity contribution < 1.29 is 0 Å². The Hall–Kier alpha value is -0.180. The molecule has 3 heteroatoms. The van der Waals surface area contributed by atoms with E-state index in [2.05, 4.69) is 33.0 Å². The minimum atomic E-state index is 0.301. The first-order valence-corrected chi connectivity index (χ1v) is 8.41. The third kappa shape index (κ3) is 3.91. The summed E-state index contributed by atoms with van der Waals surface area (Å²) in [7, 11) is 0. The molecule has 1 heterocycles. The van der Waals surface area contributed by atoms with Crippen LogP contribution in [0.4, 0.5) is 0 Å². The van der Waals surface area contributed by atoms with E-state index >= 15 is 0 Å². The molecule has 1 unspecified atom stereocenters. The highest BCUT2D eigenvalue weighted by Gasteiger charge is 2.28. The fourth-order valence-electron chi connectivity index (χ4n) is 2.80. The second-order valence-corrected chi connectivity index (χ2v) is 8.14. The number of nitrogens with one attached hydrogen (secondary N) is 1. The molecule has 2 aliphatic rings. The Labute approximate surface area is 116 Å². The molecule has 2 rings (SSSR count). The van der Waals surface area contributed by atoms with Crippen LogP contribution in [-0.2, 0) is 0 Å². The number of rotatable bonds is 1. The van der Waals surface area contributed by atoms with E-state index < -0.39 is 0 Å². The highest BCUT2D eigenvalue weighted by atomic mass is 32.2. The largest absolute Gasteiger partial charge is 0.362 e. The molecule has 0 aromatic rings. The smallest absolute Gasteiger partial charge is 0.157 e. The van der Waals surface area contributed by atoms with Gasteiger partial charge in [0.15, 0.2) is 5.17 Å². The molecule has 104 valence electrons. The summed E-state index contributed by atoms with van der Waals surface area (Å²) in [5.41, 5.74) is 0.301. The fourth-order valence-corrected chi connectivity index (χ4v) is 3.78. The van der Waals surface area contributed by atoms with Crippen LogP contribution >= 0.6 is 11.8 Å². The van der Waals surface area contributed by atoms with Crippen LogP contribution in [0.1, 0.15) is 59.8 Å². The molecule has 0 aromatic heterocycles. The first-order chi connectivity index (χ1) is 8.45. The van der Waals surface area contributed by atoms with Crippen LogP contribution in [-0.4, -0.2) is 23.0 Å². The number of hydrogen-bond donors (Lipinski definition) is 1. The van der Waals surface area contributed by atoms with E-state index in [-0.39, 0.29) is 0 Å². The van der Waals surface area contributed by atoms with Gasteiger partial charge in [-0.25, -0.2) is 0 Å². The maximum atomic E-state index is 4.93. The minimum Gasteiger partial charge on any atom is -0.362 e. The maximum Gasteiger partial charge on any atom is 0.157 e. The fraction of sp³-hybridized carbons (Fsp3) is 0.933. The summed E-state index contributed by atoms with van der Waals surface area (Å²) in [6.07, 6.45) is 6.61. The Morgan fingerprint density at radius 1 is 1.11 bits per heavy atom. The van der Waals surface area contributed by atoms with Crippen LogP contribution in [0.3, 0.4) is 0 Å². The highest BCUT2D eigenvalue weighted by molar-refractivity contribution is 8.13. The van der Waals surface area contributed by atoms with Crippen molar-refractivity contribution in [2.45, 2.75) is 71.9 Å². The second kappa shape index (κ2) is 5.85. The summed E-state index contributed by atoms with van der Waals surface area (Å²) in [6.45, 7) is 9.28. The Balaban J connectivity index is 1.90. The van der Waals surface area contributed by atoms with Crippen molar-refractivity contribution in [2.24, 2.45) is 16.3 Å². The quantitative estimate of drug-likeness (QED) is 0.775. The van der Waals surface area contributed by atoms with Crippen molar-refractivity contribution in [3.8, 4) is 0 Å². The Kier molecular flexibility index (Phi) is 4.63. The van der Waals surface area contributed by atoms with Crippen molar-refractivity contribution in [2.75, 3.05) is 5.75 Å². The van der Waals surface area contributed by atoms with Crippen LogP contribution in [0.2, 0.25) is 0 Å². The first-order valence-electron chi connectivity index (χ1n) is 7.42. The van der Waals surface area contributed by atoms with Crippen LogP contribution in [0.25, 0.3) is 0 Å². The molecule has 1 atom stereocenters. The minimum absolute atomic E-state index is 0.301. The number of amidine groups is 1. The predicted molar refractivity (Wildman–Crippen MR) is 82.3 cm³/mol. The molecule has 0 aromatic carbocycles. The summed E-state index contributed by atoms with van der Waals surface area (Å²) in [4.78, 5) is 4.93. The molecular weight excluding hydrogens is 240 g/mol. The van der Waals surface area contributed by atoms with Crippen molar-refractivity contribution in [3.05, 3.63) is 0 Å². The van der Waals surface area contributed by atoms with Gasteiger partial charge in [0.2, 0.25) is 0 Å². The van der Waals surface area contributed by atoms with Gasteiger partial charge in [-0.05, 0) is 43.4 Å². The van der Waals surface area contributed by atoms with E-state index in [1.165, 1.54) is 43.0 Å². The molecule has 1 aliphatic heterocycles. The van der Waals surface area contributed by atoms with Crippen molar-refractivity contribution in [3.63, 3.8) is 0 Å². The first kappa shape index (κ1) is 14.2. The maximum absolute atomic E-state index is 4.93. The van der Waals surface area contributed by atoms with E-state index in [4.69, 9.17) is 4.99 Å². The lowest BCUT2D eigenvalue weighted by Gasteiger charge is -2.33. The number of nitrogens with zero attached hydrogens (tertiary/aromatic N) is 1. The van der Waals surface area contributed by atoms with Gasteiger partial charge in [-0.2, -0.15) is 0 Å². The lowest BCUT2D eigenvalue weighted by molar-refractivity contribution is 0.311. The summed E-state index contributed by atoms with van der Waals surface area (Å²) >= 11 is 1.92. The van der Waals surface area contributed by atoms with Gasteiger partial charge in [-0.15, -0.1) is 0 Å². The standard InChI is InChI=1S/C15H28N2S/c1-11-5-7-12(8-6-11)16-14-17-13(9-10-18-14)15(2,3)4/h11-13H,5-10H2,1-4H3,(H,16,17). The van der Waals surface area contributed by atoms with Crippen LogP contribution in [0.5, 0.6) is 0 Å². The second-order valence-electron chi connectivity index (χ2n) is 7.05. The molecule has 1 aliphatic carbocycles. The third-order valence-corrected chi connectivity index (χ3v) is 5.18. The third-order valence-electron chi connectivity index (χ3n) is 4.25. The van der Waals surface area contributed by atoms with Gasteiger partial charge in [0.25, 0.3) is 0 Å². The molecule has 0 radical (unpaired) electrons. The van der Waals surface area contributed by atoms with Gasteiger partial charge in [-0.3, -0.25) is 4.99 Å². The van der Waals surface area contributed by atoms with E-state index in [0.29, 0.717) is 17.5 Å². The van der Waals surface area contributed by atoms with Gasteiger partial charge >= 0.3 is 0 Å². The van der Waals surface area contributed by atoms with Gasteiger partial charge < -0.3 is 5.32 Å². The van der Waals surface area contributed by atoms with Crippen LogP contribution < -0.4 is 5.32 Å². The normalized spacial score (nSPS) is 34.0. The van der Waals surface area contributed by atoms with Crippen molar-refractivity contribution in [1.29, 1.82) is 0 Å². The monoisotopic (exact) mass is 268 g/mol. The molecule has 0 saturated heterocycles. The molecule has 2 nitrogen and oxygen atoms in total. The van der Waals surface area contributed by atoms with Gasteiger partial charge in [0.1, 0.15) is 0 Å². The summed E-state index contributed by atoms with van der Waals surface area (Å²) in [5, 5.41) is 4.90. The molecule has 18 heavy (non-hydrogen) atoms. The van der Waals surface area contributed by atoms with Gasteiger partial charge in [0, 0.05) is 11.8 Å². The van der Waals surface area contributed by atoms with Crippen LogP contribution in [0.15, 0.2) is 4.99 Å². The molecule has 0 spiro atoms. The number of hydrogen-bond acceptors (Lipinski definition) is 3. The summed E-state index contributed by atoms with van der Waals surface area (Å²) < 4.78 is 0. The van der Waals surface area contributed by atoms with E-state index in [1.54, 1.807) is 0 Å². The van der Waals surface area contributed by atoms with Gasteiger partial charge in [-0.1, -0.05) is 39.5 Å². The molecule has 1 fully saturated rings. The average molecular weight is 268 g/mol. The zero-order valence-corrected chi connectivity index (χ0v) is 13.1. The molecule has 1 N–H and O–H groups in total. The lowest BCUT2D eigenvalue weighted by Crippen LogP contribution is -2.39. The van der Waals surface area contributed by atoms with Crippen molar-refractivity contribution >= 4 is 16.9 Å². The molecule has 1 saturated carbocycles. The van der Waals surface area contributed by atoms with Gasteiger partial charge in [0.05, 0.1) is 6.04 Å². The van der Waals surface area contributed by atoms with Crippen LogP contribution in [0, 0.1) is 11.3 Å². The molecule has 0 amide bonds. The predicted octanol–water partition coefficient (Wildman–Crippen LogP) is 4.06. The highest BCUT2D eigenvalue weighted by Crippen LogP contribution is 2.31. The SMILES string of the molecule is CC1CCC(NC2=NC(C(C)(C)C)CCS2)CC1. The van der Waals surface area contributed by atoms with E-state index in [1.807, 2.05) is 11.8 Å². The average Bonchev–Trinajstić information content (AvgIpc) is 2.31. The number of thioether (sulfide) groups is 1. The zero-order valence-electron chi connectivity index (χ0n) is 12.3. The Morgan fingerprint density at radius 3 is 2.39 bits per heavy atom. The summed E-state index contributed by atoms with van der Waals surface area (Å²) in [6, 6.07) is 1.16. The molecule has 0 bridgehead atoms. The lowest BCUT2D eigenvalue weighted by atomic mass is 9.85. The van der Waals surface area contributed by atoms with Crippen molar-refractivity contribution in [1.82, 2.24) is 5.32 Å². The van der Waals surface area contributed by atoms with E-state index in [9.17, 15) is 0 Å². The molecular formula is C15H28N2S. The summed E-state index contributed by atoms with van der Waals surface area (Å²) in [5.74, 6) is 2.14.